The number of fused-ring (bicyclic) bond motifs is 1. The van der Waals surface area contributed by atoms with Crippen molar-refractivity contribution in [2.45, 2.75) is 12.3 Å². The summed E-state index contributed by atoms with van der Waals surface area (Å²) >= 11 is 0. The molecule has 25 heavy (non-hydrogen) atoms. The summed E-state index contributed by atoms with van der Waals surface area (Å²) in [7, 11) is 0. The molecule has 0 fully saturated rings. The van der Waals surface area contributed by atoms with E-state index in [9.17, 15) is 9.59 Å². The molecule has 1 unspecified atom stereocenters. The van der Waals surface area contributed by atoms with E-state index in [4.69, 9.17) is 15.2 Å². The van der Waals surface area contributed by atoms with Crippen LogP contribution in [0.4, 0.5) is 0 Å². The Balaban J connectivity index is 1.67. The fourth-order valence-electron chi connectivity index (χ4n) is 2.87. The molecular weight excluding hydrogens is 320 g/mol. The summed E-state index contributed by atoms with van der Waals surface area (Å²) in [5.74, 6) is 0.579. The molecule has 0 bridgehead atoms. The Kier molecular flexibility index (Phi) is 5.18. The van der Waals surface area contributed by atoms with Gasteiger partial charge in [-0.3, -0.25) is 9.59 Å². The summed E-state index contributed by atoms with van der Waals surface area (Å²) in [4.78, 5) is 23.4. The summed E-state index contributed by atoms with van der Waals surface area (Å²) in [6.45, 7) is 0.872. The summed E-state index contributed by atoms with van der Waals surface area (Å²) in [6.07, 6.45) is 0.844. The third kappa shape index (κ3) is 4.09. The Morgan fingerprint density at radius 2 is 1.92 bits per heavy atom. The minimum absolute atomic E-state index is 0.201. The Morgan fingerprint density at radius 1 is 1.16 bits per heavy atom. The van der Waals surface area contributed by atoms with E-state index in [-0.39, 0.29) is 18.4 Å². The Morgan fingerprint density at radius 3 is 2.76 bits per heavy atom. The number of amides is 2. The number of nitrogens with two attached hydrogens (primary N) is 1. The Labute approximate surface area is 145 Å². The average molecular weight is 340 g/mol. The van der Waals surface area contributed by atoms with Crippen LogP contribution in [0.2, 0.25) is 0 Å². The molecule has 1 aliphatic rings. The zero-order valence-corrected chi connectivity index (χ0v) is 13.7. The number of ether oxygens (including phenoxy) is 2. The molecule has 6 heteroatoms. The SMILES string of the molecule is NC(=O)COc1ccccc1C(=O)NCC1CCOc2ccccc21. The molecule has 1 heterocycles. The molecular formula is C19H20N2O4. The number of nitrogens with one attached hydrogen (secondary N) is 1. The molecule has 0 aromatic heterocycles. The summed E-state index contributed by atoms with van der Waals surface area (Å²) < 4.78 is 11.0. The van der Waals surface area contributed by atoms with Gasteiger partial charge in [0.15, 0.2) is 6.61 Å². The van der Waals surface area contributed by atoms with Gasteiger partial charge >= 0.3 is 0 Å². The minimum Gasteiger partial charge on any atom is -0.493 e. The van der Waals surface area contributed by atoms with Gasteiger partial charge in [0.1, 0.15) is 11.5 Å². The van der Waals surface area contributed by atoms with Crippen LogP contribution in [-0.4, -0.2) is 31.6 Å². The van der Waals surface area contributed by atoms with Gasteiger partial charge < -0.3 is 20.5 Å². The van der Waals surface area contributed by atoms with Crippen molar-refractivity contribution in [3.63, 3.8) is 0 Å². The second-order valence-corrected chi connectivity index (χ2v) is 5.83. The van der Waals surface area contributed by atoms with Crippen LogP contribution in [-0.2, 0) is 4.79 Å². The first-order valence-electron chi connectivity index (χ1n) is 8.15. The molecule has 2 amide bonds. The topological polar surface area (TPSA) is 90.7 Å². The van der Waals surface area contributed by atoms with Crippen molar-refractivity contribution in [2.75, 3.05) is 19.8 Å². The lowest BCUT2D eigenvalue weighted by Gasteiger charge is -2.26. The molecule has 1 aliphatic heterocycles. The van der Waals surface area contributed by atoms with Gasteiger partial charge in [0.05, 0.1) is 12.2 Å². The maximum absolute atomic E-state index is 12.5. The number of benzene rings is 2. The number of carbonyl (C=O) groups excluding carboxylic acids is 2. The fraction of sp³-hybridized carbons (Fsp3) is 0.263. The number of hydrogen-bond donors (Lipinski definition) is 2. The van der Waals surface area contributed by atoms with Gasteiger partial charge in [-0.2, -0.15) is 0 Å². The largest absolute Gasteiger partial charge is 0.493 e. The fourth-order valence-corrected chi connectivity index (χ4v) is 2.87. The normalized spacial score (nSPS) is 15.6. The molecule has 0 radical (unpaired) electrons. The van der Waals surface area contributed by atoms with Gasteiger partial charge in [-0.05, 0) is 30.2 Å². The first-order valence-corrected chi connectivity index (χ1v) is 8.15. The van der Waals surface area contributed by atoms with E-state index < -0.39 is 5.91 Å². The van der Waals surface area contributed by atoms with Crippen molar-refractivity contribution in [2.24, 2.45) is 5.73 Å². The highest BCUT2D eigenvalue weighted by Crippen LogP contribution is 2.32. The van der Waals surface area contributed by atoms with E-state index in [1.165, 1.54) is 0 Å². The second kappa shape index (κ2) is 7.70. The molecule has 6 nitrogen and oxygen atoms in total. The van der Waals surface area contributed by atoms with E-state index in [1.807, 2.05) is 24.3 Å². The zero-order chi connectivity index (χ0) is 17.6. The van der Waals surface area contributed by atoms with Crippen LogP contribution < -0.4 is 20.5 Å². The summed E-state index contributed by atoms with van der Waals surface area (Å²) in [6, 6.07) is 14.6. The van der Waals surface area contributed by atoms with Crippen molar-refractivity contribution in [3.8, 4) is 11.5 Å². The number of primary amides is 1. The quantitative estimate of drug-likeness (QED) is 0.839. The highest BCUT2D eigenvalue weighted by molar-refractivity contribution is 5.97. The van der Waals surface area contributed by atoms with Crippen LogP contribution in [0.25, 0.3) is 0 Å². The standard InChI is InChI=1S/C19H20N2O4/c20-18(22)12-25-17-8-4-2-6-15(17)19(23)21-11-13-9-10-24-16-7-3-1-5-14(13)16/h1-8,13H,9-12H2,(H2,20,22)(H,21,23). The molecule has 1 atom stereocenters. The maximum atomic E-state index is 12.5. The third-order valence-electron chi connectivity index (χ3n) is 4.09. The smallest absolute Gasteiger partial charge is 0.255 e. The lowest BCUT2D eigenvalue weighted by atomic mass is 9.93. The Hall–Kier alpha value is -3.02. The Bertz CT molecular complexity index is 776. The predicted octanol–water partition coefficient (Wildman–Crippen LogP) is 1.85. The van der Waals surface area contributed by atoms with Crippen LogP contribution in [0, 0.1) is 0 Å². The van der Waals surface area contributed by atoms with Crippen molar-refractivity contribution in [1.82, 2.24) is 5.32 Å². The van der Waals surface area contributed by atoms with E-state index in [2.05, 4.69) is 5.32 Å². The van der Waals surface area contributed by atoms with E-state index in [1.54, 1.807) is 24.3 Å². The van der Waals surface area contributed by atoms with Gasteiger partial charge in [-0.25, -0.2) is 0 Å². The number of hydrogen-bond acceptors (Lipinski definition) is 4. The molecule has 0 saturated carbocycles. The molecule has 130 valence electrons. The lowest BCUT2D eigenvalue weighted by Crippen LogP contribution is -2.31. The van der Waals surface area contributed by atoms with Gasteiger partial charge in [0.25, 0.3) is 11.8 Å². The third-order valence-corrected chi connectivity index (χ3v) is 4.09. The average Bonchev–Trinajstić information content (AvgIpc) is 2.64. The predicted molar refractivity (Wildman–Crippen MR) is 92.8 cm³/mol. The lowest BCUT2D eigenvalue weighted by molar-refractivity contribution is -0.119. The van der Waals surface area contributed by atoms with Crippen molar-refractivity contribution in [1.29, 1.82) is 0 Å². The zero-order valence-electron chi connectivity index (χ0n) is 13.7. The van der Waals surface area contributed by atoms with Crippen LogP contribution in [0.3, 0.4) is 0 Å². The second-order valence-electron chi connectivity index (χ2n) is 5.83. The first kappa shape index (κ1) is 16.8. The van der Waals surface area contributed by atoms with Gasteiger partial charge in [-0.1, -0.05) is 30.3 Å². The first-order chi connectivity index (χ1) is 12.1. The minimum atomic E-state index is -0.589. The number of para-hydroxylation sites is 2. The molecule has 2 aromatic carbocycles. The molecule has 2 aromatic rings. The highest BCUT2D eigenvalue weighted by Gasteiger charge is 2.22. The monoisotopic (exact) mass is 340 g/mol. The van der Waals surface area contributed by atoms with Crippen molar-refractivity contribution < 1.29 is 19.1 Å². The molecule has 0 aliphatic carbocycles. The van der Waals surface area contributed by atoms with E-state index >= 15 is 0 Å². The summed E-state index contributed by atoms with van der Waals surface area (Å²) in [5, 5.41) is 2.95. The van der Waals surface area contributed by atoms with Crippen molar-refractivity contribution in [3.05, 3.63) is 59.7 Å². The highest BCUT2D eigenvalue weighted by atomic mass is 16.5. The van der Waals surface area contributed by atoms with E-state index in [0.29, 0.717) is 24.5 Å². The van der Waals surface area contributed by atoms with Crippen molar-refractivity contribution >= 4 is 11.8 Å². The van der Waals surface area contributed by atoms with Gasteiger partial charge in [-0.15, -0.1) is 0 Å². The molecule has 3 N–H and O–H groups in total. The molecule has 0 spiro atoms. The van der Waals surface area contributed by atoms with E-state index in [0.717, 1.165) is 17.7 Å². The molecule has 3 rings (SSSR count). The van der Waals surface area contributed by atoms with Crippen LogP contribution in [0.1, 0.15) is 28.3 Å². The van der Waals surface area contributed by atoms with Crippen LogP contribution in [0.15, 0.2) is 48.5 Å². The maximum Gasteiger partial charge on any atom is 0.255 e. The van der Waals surface area contributed by atoms with Gasteiger partial charge in [0, 0.05) is 12.5 Å². The molecule has 0 saturated heterocycles. The summed E-state index contributed by atoms with van der Waals surface area (Å²) in [5.41, 5.74) is 6.57. The number of carbonyl (C=O) groups is 2. The van der Waals surface area contributed by atoms with Crippen LogP contribution >= 0.6 is 0 Å². The van der Waals surface area contributed by atoms with Gasteiger partial charge in [0.2, 0.25) is 0 Å². The number of rotatable bonds is 6. The van der Waals surface area contributed by atoms with Crippen LogP contribution in [0.5, 0.6) is 11.5 Å².